The van der Waals surface area contributed by atoms with Crippen LogP contribution in [-0.4, -0.2) is 52.3 Å². The Bertz CT molecular complexity index is 997. The second-order valence-electron chi connectivity index (χ2n) is 7.77. The smallest absolute Gasteiger partial charge is 0.326 e. The van der Waals surface area contributed by atoms with Crippen molar-refractivity contribution in [2.45, 2.75) is 38.1 Å². The first-order valence-electron chi connectivity index (χ1n) is 9.81. The van der Waals surface area contributed by atoms with Gasteiger partial charge >= 0.3 is 12.0 Å². The maximum atomic E-state index is 12.9. The maximum absolute atomic E-state index is 12.9. The number of ketones is 1. The van der Waals surface area contributed by atoms with E-state index in [1.54, 1.807) is 12.3 Å². The number of hydrogen-bond donors (Lipinski definition) is 2. The molecule has 3 amide bonds. The number of carbonyl (C=O) groups is 4. The predicted octanol–water partition coefficient (Wildman–Crippen LogP) is 2.39. The fraction of sp³-hybridized carbons (Fsp3) is 0.429. The number of nitrogens with one attached hydrogen (secondary N) is 2. The van der Waals surface area contributed by atoms with Crippen molar-refractivity contribution in [3.05, 3.63) is 36.0 Å². The lowest BCUT2D eigenvalue weighted by atomic mass is 9.73. The highest BCUT2D eigenvalue weighted by molar-refractivity contribution is 6.10. The highest BCUT2D eigenvalue weighted by Gasteiger charge is 2.55. The minimum atomic E-state index is -0.921. The van der Waals surface area contributed by atoms with E-state index in [1.807, 2.05) is 25.1 Å². The molecule has 8 heteroatoms. The summed E-state index contributed by atoms with van der Waals surface area (Å²) in [7, 11) is 0. The summed E-state index contributed by atoms with van der Waals surface area (Å²) in [5, 5.41) is 3.54. The van der Waals surface area contributed by atoms with Crippen molar-refractivity contribution in [3.8, 4) is 0 Å². The second-order valence-corrected chi connectivity index (χ2v) is 7.77. The van der Waals surface area contributed by atoms with Gasteiger partial charge in [-0.15, -0.1) is 0 Å². The summed E-state index contributed by atoms with van der Waals surface area (Å²) < 4.78 is 5.06. The standard InChI is InChI=1S/C21H23N3O5/c1-13-6-4-5-9-21(13)19(27)24(20(28)23-21)11-18(26)29-12-17(25)15-10-22-16-8-3-2-7-14(15)16/h2-3,7-8,10,13,22H,4-6,9,11-12H2,1H3,(H,23,28)/t13-,21+/m0/s1. The van der Waals surface area contributed by atoms with Gasteiger partial charge in [0.2, 0.25) is 5.78 Å². The van der Waals surface area contributed by atoms with E-state index in [2.05, 4.69) is 10.3 Å². The number of imide groups is 1. The van der Waals surface area contributed by atoms with Crippen LogP contribution in [0.2, 0.25) is 0 Å². The zero-order valence-electron chi connectivity index (χ0n) is 16.2. The Morgan fingerprint density at radius 1 is 1.24 bits per heavy atom. The zero-order valence-corrected chi connectivity index (χ0v) is 16.2. The molecule has 2 aliphatic rings. The second kappa shape index (κ2) is 7.35. The average Bonchev–Trinajstić information content (AvgIpc) is 3.24. The molecule has 2 atom stereocenters. The fourth-order valence-electron chi connectivity index (χ4n) is 4.34. The van der Waals surface area contributed by atoms with Crippen molar-refractivity contribution in [3.63, 3.8) is 0 Å². The van der Waals surface area contributed by atoms with Crippen LogP contribution >= 0.6 is 0 Å². The Kier molecular flexibility index (Phi) is 4.86. The number of esters is 1. The molecule has 0 bridgehead atoms. The summed E-state index contributed by atoms with van der Waals surface area (Å²) in [5.74, 6) is -1.51. The van der Waals surface area contributed by atoms with Crippen molar-refractivity contribution >= 4 is 34.6 Å². The molecule has 152 valence electrons. The number of hydrogen-bond acceptors (Lipinski definition) is 5. The van der Waals surface area contributed by atoms with Crippen molar-refractivity contribution in [2.24, 2.45) is 5.92 Å². The highest BCUT2D eigenvalue weighted by Crippen LogP contribution is 2.38. The van der Waals surface area contributed by atoms with Gasteiger partial charge in [0.1, 0.15) is 12.1 Å². The molecule has 2 heterocycles. The molecule has 29 heavy (non-hydrogen) atoms. The molecule has 1 spiro atoms. The minimum Gasteiger partial charge on any atom is -0.456 e. The van der Waals surface area contributed by atoms with Gasteiger partial charge in [0.15, 0.2) is 6.61 Å². The highest BCUT2D eigenvalue weighted by atomic mass is 16.5. The van der Waals surface area contributed by atoms with Crippen molar-refractivity contribution in [1.29, 1.82) is 0 Å². The van der Waals surface area contributed by atoms with E-state index in [0.29, 0.717) is 12.0 Å². The summed E-state index contributed by atoms with van der Waals surface area (Å²) in [5.41, 5.74) is 0.321. The third-order valence-electron chi connectivity index (χ3n) is 6.04. The van der Waals surface area contributed by atoms with E-state index in [4.69, 9.17) is 4.74 Å². The maximum Gasteiger partial charge on any atom is 0.326 e. The first kappa shape index (κ1) is 19.2. The van der Waals surface area contributed by atoms with Crippen LogP contribution in [0.4, 0.5) is 4.79 Å². The number of Topliss-reactive ketones (excluding diaryl/α,β-unsaturated/α-hetero) is 1. The van der Waals surface area contributed by atoms with Gasteiger partial charge in [0.05, 0.1) is 0 Å². The van der Waals surface area contributed by atoms with E-state index in [1.165, 1.54) is 0 Å². The molecule has 0 unspecified atom stereocenters. The third kappa shape index (κ3) is 3.28. The monoisotopic (exact) mass is 397 g/mol. The van der Waals surface area contributed by atoms with E-state index >= 15 is 0 Å². The van der Waals surface area contributed by atoms with E-state index in [-0.39, 0.29) is 17.6 Å². The normalized spacial score (nSPS) is 24.2. The molecule has 8 nitrogen and oxygen atoms in total. The van der Waals surface area contributed by atoms with E-state index < -0.39 is 30.7 Å². The van der Waals surface area contributed by atoms with E-state index in [0.717, 1.165) is 35.1 Å². The molecule has 2 fully saturated rings. The molecule has 2 N–H and O–H groups in total. The van der Waals surface area contributed by atoms with Crippen molar-refractivity contribution in [1.82, 2.24) is 15.2 Å². The van der Waals surface area contributed by atoms with Crippen LogP contribution in [0.5, 0.6) is 0 Å². The quantitative estimate of drug-likeness (QED) is 0.457. The lowest BCUT2D eigenvalue weighted by molar-refractivity contribution is -0.147. The number of H-pyrrole nitrogens is 1. The van der Waals surface area contributed by atoms with E-state index in [9.17, 15) is 19.2 Å². The van der Waals surface area contributed by atoms with Crippen LogP contribution < -0.4 is 5.32 Å². The van der Waals surface area contributed by atoms with Gasteiger partial charge in [-0.2, -0.15) is 0 Å². The minimum absolute atomic E-state index is 0.0113. The fourth-order valence-corrected chi connectivity index (χ4v) is 4.34. The Labute approximate surface area is 167 Å². The number of para-hydroxylation sites is 1. The molecular formula is C21H23N3O5. The average molecular weight is 397 g/mol. The Morgan fingerprint density at radius 3 is 2.83 bits per heavy atom. The largest absolute Gasteiger partial charge is 0.456 e. The first-order valence-corrected chi connectivity index (χ1v) is 9.81. The number of ether oxygens (including phenoxy) is 1. The lowest BCUT2D eigenvalue weighted by Gasteiger charge is -2.36. The van der Waals surface area contributed by atoms with Crippen LogP contribution in [0.15, 0.2) is 30.5 Å². The number of urea groups is 1. The zero-order chi connectivity index (χ0) is 20.6. The van der Waals surface area contributed by atoms with Gasteiger partial charge in [-0.25, -0.2) is 4.79 Å². The van der Waals surface area contributed by atoms with Crippen LogP contribution in [0.3, 0.4) is 0 Å². The number of carbonyl (C=O) groups excluding carboxylic acids is 4. The third-order valence-corrected chi connectivity index (χ3v) is 6.04. The molecule has 4 rings (SSSR count). The van der Waals surface area contributed by atoms with Crippen LogP contribution in [-0.2, 0) is 14.3 Å². The lowest BCUT2D eigenvalue weighted by Crippen LogP contribution is -2.54. The predicted molar refractivity (Wildman–Crippen MR) is 104 cm³/mol. The number of nitrogens with zero attached hydrogens (tertiary/aromatic N) is 1. The topological polar surface area (TPSA) is 109 Å². The number of aromatic nitrogens is 1. The number of aromatic amines is 1. The van der Waals surface area contributed by atoms with Crippen LogP contribution in [0, 0.1) is 5.92 Å². The molecule has 1 aliphatic heterocycles. The molecule has 1 saturated heterocycles. The molecule has 1 aromatic carbocycles. The van der Waals surface area contributed by atoms with Crippen molar-refractivity contribution < 1.29 is 23.9 Å². The summed E-state index contributed by atoms with van der Waals surface area (Å²) in [6.07, 6.45) is 4.87. The molecular weight excluding hydrogens is 374 g/mol. The van der Waals surface area contributed by atoms with Gasteiger partial charge < -0.3 is 15.0 Å². The number of fused-ring (bicyclic) bond motifs is 1. The molecule has 1 aliphatic carbocycles. The number of rotatable bonds is 5. The summed E-state index contributed by atoms with van der Waals surface area (Å²) in [6, 6.07) is 6.74. The summed E-state index contributed by atoms with van der Waals surface area (Å²) in [4.78, 5) is 53.7. The van der Waals surface area contributed by atoms with Crippen LogP contribution in [0.25, 0.3) is 10.9 Å². The molecule has 1 aromatic heterocycles. The number of benzene rings is 1. The Balaban J connectivity index is 1.38. The van der Waals surface area contributed by atoms with Gasteiger partial charge in [-0.1, -0.05) is 38.0 Å². The number of amides is 3. The van der Waals surface area contributed by atoms with Crippen LogP contribution in [0.1, 0.15) is 43.0 Å². The Hall–Kier alpha value is -3.16. The summed E-state index contributed by atoms with van der Waals surface area (Å²) in [6.45, 7) is 0.991. The SMILES string of the molecule is C[C@H]1CCCC[C@@]12NC(=O)N(CC(=O)OCC(=O)c1c[nH]c3ccccc13)C2=O. The molecule has 2 aromatic rings. The van der Waals surface area contributed by atoms with Gasteiger partial charge in [0.25, 0.3) is 5.91 Å². The van der Waals surface area contributed by atoms with Gasteiger partial charge in [0, 0.05) is 22.7 Å². The molecule has 1 saturated carbocycles. The Morgan fingerprint density at radius 2 is 2.03 bits per heavy atom. The molecule has 0 radical (unpaired) electrons. The van der Waals surface area contributed by atoms with Crippen molar-refractivity contribution in [2.75, 3.05) is 13.2 Å². The van der Waals surface area contributed by atoms with Gasteiger partial charge in [-0.3, -0.25) is 19.3 Å². The first-order chi connectivity index (χ1) is 13.9. The summed E-state index contributed by atoms with van der Waals surface area (Å²) >= 11 is 0. The van der Waals surface area contributed by atoms with Gasteiger partial charge in [-0.05, 0) is 24.8 Å².